The van der Waals surface area contributed by atoms with Gasteiger partial charge < -0.3 is 0 Å². The normalized spacial score (nSPS) is 11.8. The lowest BCUT2D eigenvalue weighted by Crippen LogP contribution is -2.05. The Morgan fingerprint density at radius 3 is 1.90 bits per heavy atom. The summed E-state index contributed by atoms with van der Waals surface area (Å²) in [6.07, 6.45) is -4.36. The molecule has 0 fully saturated rings. The van der Waals surface area contributed by atoms with Crippen LogP contribution in [-0.2, 0) is 6.18 Å². The zero-order chi connectivity index (χ0) is 15.1. The highest BCUT2D eigenvalue weighted by molar-refractivity contribution is 6.48. The van der Waals surface area contributed by atoms with Crippen LogP contribution in [0.1, 0.15) is 11.1 Å². The summed E-state index contributed by atoms with van der Waals surface area (Å²) < 4.78 is 37.9. The fraction of sp³-hybridized carbons (Fsp3) is 0.143. The monoisotopic (exact) mass is 338 g/mol. The molecule has 0 saturated carbocycles. The Morgan fingerprint density at radius 2 is 1.45 bits per heavy atom. The zero-order valence-corrected chi connectivity index (χ0v) is 12.4. The standard InChI is InChI=1S/C14H8Cl3F3/c1-7-4-9(14(18,19)20)2-3-10(7)8-5-11(15)13(17)12(16)6-8/h2-6H,1H3. The molecule has 2 rings (SSSR count). The molecule has 2 aromatic rings. The number of aryl methyl sites for hydroxylation is 1. The van der Waals surface area contributed by atoms with Crippen LogP contribution in [0.4, 0.5) is 13.2 Å². The summed E-state index contributed by atoms with van der Waals surface area (Å²) in [4.78, 5) is 0. The largest absolute Gasteiger partial charge is 0.416 e. The zero-order valence-electron chi connectivity index (χ0n) is 10.2. The number of benzene rings is 2. The van der Waals surface area contributed by atoms with Gasteiger partial charge in [-0.05, 0) is 47.9 Å². The molecule has 0 nitrogen and oxygen atoms in total. The van der Waals surface area contributed by atoms with Crippen molar-refractivity contribution in [2.24, 2.45) is 0 Å². The first-order valence-corrected chi connectivity index (χ1v) is 6.66. The molecule has 0 aliphatic rings. The van der Waals surface area contributed by atoms with E-state index in [4.69, 9.17) is 34.8 Å². The van der Waals surface area contributed by atoms with Crippen molar-refractivity contribution in [2.45, 2.75) is 13.1 Å². The van der Waals surface area contributed by atoms with Gasteiger partial charge in [-0.3, -0.25) is 0 Å². The lowest BCUT2D eigenvalue weighted by molar-refractivity contribution is -0.137. The van der Waals surface area contributed by atoms with Crippen LogP contribution in [0.25, 0.3) is 11.1 Å². The molecule has 0 atom stereocenters. The van der Waals surface area contributed by atoms with Gasteiger partial charge in [0.2, 0.25) is 0 Å². The maximum Gasteiger partial charge on any atom is 0.416 e. The molecule has 0 aromatic heterocycles. The van der Waals surface area contributed by atoms with Crippen molar-refractivity contribution in [1.82, 2.24) is 0 Å². The highest BCUT2D eigenvalue weighted by atomic mass is 35.5. The number of hydrogen-bond acceptors (Lipinski definition) is 0. The molecule has 0 bridgehead atoms. The molecule has 0 saturated heterocycles. The van der Waals surface area contributed by atoms with Crippen LogP contribution >= 0.6 is 34.8 Å². The molecular weight excluding hydrogens is 332 g/mol. The first kappa shape index (κ1) is 15.5. The van der Waals surface area contributed by atoms with Crippen molar-refractivity contribution in [3.8, 4) is 11.1 Å². The van der Waals surface area contributed by atoms with Crippen molar-refractivity contribution in [3.63, 3.8) is 0 Å². The van der Waals surface area contributed by atoms with Crippen molar-refractivity contribution in [3.05, 3.63) is 56.5 Å². The van der Waals surface area contributed by atoms with Crippen molar-refractivity contribution < 1.29 is 13.2 Å². The summed E-state index contributed by atoms with van der Waals surface area (Å²) in [7, 11) is 0. The van der Waals surface area contributed by atoms with Gasteiger partial charge in [0.15, 0.2) is 0 Å². The second kappa shape index (κ2) is 5.47. The van der Waals surface area contributed by atoms with Crippen LogP contribution < -0.4 is 0 Å². The summed E-state index contributed by atoms with van der Waals surface area (Å²) in [6, 6.07) is 6.66. The van der Waals surface area contributed by atoms with Crippen molar-refractivity contribution >= 4 is 34.8 Å². The minimum atomic E-state index is -4.36. The molecule has 0 heterocycles. The average Bonchev–Trinajstić information content (AvgIpc) is 2.34. The molecule has 2 aromatic carbocycles. The summed E-state index contributed by atoms with van der Waals surface area (Å²) in [5, 5.41) is 0.739. The van der Waals surface area contributed by atoms with Crippen LogP contribution in [0.2, 0.25) is 15.1 Å². The SMILES string of the molecule is Cc1cc(C(F)(F)F)ccc1-c1cc(Cl)c(Cl)c(Cl)c1. The maximum absolute atomic E-state index is 12.6. The van der Waals surface area contributed by atoms with Crippen molar-refractivity contribution in [2.75, 3.05) is 0 Å². The molecule has 0 spiro atoms. The predicted octanol–water partition coefficient (Wildman–Crippen LogP) is 6.64. The molecule has 106 valence electrons. The second-order valence-electron chi connectivity index (χ2n) is 4.28. The van der Waals surface area contributed by atoms with Crippen LogP contribution in [0.15, 0.2) is 30.3 Å². The minimum Gasteiger partial charge on any atom is -0.166 e. The highest BCUT2D eigenvalue weighted by Crippen LogP contribution is 2.37. The summed E-state index contributed by atoms with van der Waals surface area (Å²) in [5.41, 5.74) is 1.04. The van der Waals surface area contributed by atoms with Crippen molar-refractivity contribution in [1.29, 1.82) is 0 Å². The molecule has 0 amide bonds. The van der Waals surface area contributed by atoms with E-state index < -0.39 is 11.7 Å². The molecule has 0 radical (unpaired) electrons. The molecular formula is C14H8Cl3F3. The van der Waals surface area contributed by atoms with E-state index in [-0.39, 0.29) is 15.1 Å². The molecule has 0 aliphatic heterocycles. The Balaban J connectivity index is 2.54. The van der Waals surface area contributed by atoms with E-state index in [0.717, 1.165) is 12.1 Å². The summed E-state index contributed by atoms with van der Waals surface area (Å²) in [5.74, 6) is 0. The average molecular weight is 340 g/mol. The van der Waals surface area contributed by atoms with Gasteiger partial charge in [0, 0.05) is 0 Å². The fourth-order valence-electron chi connectivity index (χ4n) is 1.87. The van der Waals surface area contributed by atoms with Gasteiger partial charge in [0.25, 0.3) is 0 Å². The topological polar surface area (TPSA) is 0 Å². The van der Waals surface area contributed by atoms with E-state index in [0.29, 0.717) is 16.7 Å². The second-order valence-corrected chi connectivity index (χ2v) is 5.47. The number of hydrogen-bond donors (Lipinski definition) is 0. The van der Waals surface area contributed by atoms with Crippen LogP contribution in [0.5, 0.6) is 0 Å². The van der Waals surface area contributed by atoms with E-state index in [9.17, 15) is 13.2 Å². The van der Waals surface area contributed by atoms with Gasteiger partial charge in [-0.15, -0.1) is 0 Å². The maximum atomic E-state index is 12.6. The van der Waals surface area contributed by atoms with Gasteiger partial charge in [0.1, 0.15) is 0 Å². The van der Waals surface area contributed by atoms with Gasteiger partial charge in [-0.2, -0.15) is 13.2 Å². The van der Waals surface area contributed by atoms with E-state index >= 15 is 0 Å². The molecule has 0 unspecified atom stereocenters. The van der Waals surface area contributed by atoms with E-state index in [2.05, 4.69) is 0 Å². The van der Waals surface area contributed by atoms with Crippen LogP contribution in [-0.4, -0.2) is 0 Å². The van der Waals surface area contributed by atoms with Crippen LogP contribution in [0.3, 0.4) is 0 Å². The lowest BCUT2D eigenvalue weighted by Gasteiger charge is -2.12. The third-order valence-electron chi connectivity index (χ3n) is 2.85. The fourth-order valence-corrected chi connectivity index (χ4v) is 2.47. The Morgan fingerprint density at radius 1 is 0.900 bits per heavy atom. The lowest BCUT2D eigenvalue weighted by atomic mass is 9.98. The van der Waals surface area contributed by atoms with E-state index in [1.165, 1.54) is 6.07 Å². The molecule has 0 aliphatic carbocycles. The Labute approximate surface area is 129 Å². The quantitative estimate of drug-likeness (QED) is 0.511. The third-order valence-corrected chi connectivity index (χ3v) is 4.05. The summed E-state index contributed by atoms with van der Waals surface area (Å²) in [6.45, 7) is 1.60. The predicted molar refractivity (Wildman–Crippen MR) is 76.6 cm³/mol. The minimum absolute atomic E-state index is 0.224. The number of halogens is 6. The van der Waals surface area contributed by atoms with Gasteiger partial charge in [0.05, 0.1) is 20.6 Å². The molecule has 6 heteroatoms. The first-order valence-electron chi connectivity index (χ1n) is 5.53. The van der Waals surface area contributed by atoms with Crippen LogP contribution in [0, 0.1) is 6.92 Å². The summed E-state index contributed by atoms with van der Waals surface area (Å²) >= 11 is 17.7. The smallest absolute Gasteiger partial charge is 0.166 e. The number of alkyl halides is 3. The Hall–Kier alpha value is -0.900. The van der Waals surface area contributed by atoms with Gasteiger partial charge in [-0.25, -0.2) is 0 Å². The third kappa shape index (κ3) is 3.05. The molecule has 0 N–H and O–H groups in total. The van der Waals surface area contributed by atoms with E-state index in [1.54, 1.807) is 19.1 Å². The first-order chi connectivity index (χ1) is 9.20. The van der Waals surface area contributed by atoms with Gasteiger partial charge >= 0.3 is 6.18 Å². The highest BCUT2D eigenvalue weighted by Gasteiger charge is 2.30. The Kier molecular flexibility index (Phi) is 4.24. The Bertz CT molecular complexity index is 640. The number of rotatable bonds is 1. The molecule has 20 heavy (non-hydrogen) atoms. The van der Waals surface area contributed by atoms with Gasteiger partial charge in [-0.1, -0.05) is 40.9 Å². The van der Waals surface area contributed by atoms with E-state index in [1.807, 2.05) is 0 Å².